The number of ether oxygens (including phenoxy) is 1. The largest absolute Gasteiger partial charge is 0.374 e. The van der Waals surface area contributed by atoms with Crippen LogP contribution < -0.4 is 10.6 Å². The van der Waals surface area contributed by atoms with Gasteiger partial charge < -0.3 is 15.4 Å². The standard InChI is InChI=1S/C12H21N5O/c1-3-17-4-5-18-10(9-17)6-15-12-8-14-7-11(13-2)16-12/h7-8,10H,3-6,9H2,1-2H3,(H2,13,15,16). The van der Waals surface area contributed by atoms with Gasteiger partial charge in [-0.2, -0.15) is 0 Å². The molecule has 2 N–H and O–H groups in total. The number of rotatable bonds is 5. The van der Waals surface area contributed by atoms with Crippen molar-refractivity contribution in [1.82, 2.24) is 14.9 Å². The van der Waals surface area contributed by atoms with E-state index in [1.807, 2.05) is 7.05 Å². The first-order valence-corrected chi connectivity index (χ1v) is 6.39. The number of likely N-dealkylation sites (N-methyl/N-ethyl adjacent to an activating group) is 1. The first kappa shape index (κ1) is 13.0. The fourth-order valence-electron chi connectivity index (χ4n) is 1.98. The van der Waals surface area contributed by atoms with Crippen molar-refractivity contribution in [1.29, 1.82) is 0 Å². The van der Waals surface area contributed by atoms with E-state index < -0.39 is 0 Å². The van der Waals surface area contributed by atoms with Gasteiger partial charge >= 0.3 is 0 Å². The lowest BCUT2D eigenvalue weighted by Crippen LogP contribution is -2.45. The van der Waals surface area contributed by atoms with Crippen LogP contribution in [0.25, 0.3) is 0 Å². The Bertz CT molecular complexity index is 373. The maximum absolute atomic E-state index is 5.72. The molecule has 18 heavy (non-hydrogen) atoms. The number of hydrogen-bond donors (Lipinski definition) is 2. The Labute approximate surface area is 108 Å². The zero-order valence-corrected chi connectivity index (χ0v) is 11.0. The quantitative estimate of drug-likeness (QED) is 0.801. The molecule has 0 bridgehead atoms. The molecule has 1 aromatic heterocycles. The van der Waals surface area contributed by atoms with Crippen LogP contribution in [-0.4, -0.2) is 60.8 Å². The molecule has 2 rings (SSSR count). The summed E-state index contributed by atoms with van der Waals surface area (Å²) in [6.07, 6.45) is 3.64. The summed E-state index contributed by atoms with van der Waals surface area (Å²) in [6.45, 7) is 6.83. The Morgan fingerprint density at radius 3 is 3.06 bits per heavy atom. The fourth-order valence-corrected chi connectivity index (χ4v) is 1.98. The maximum Gasteiger partial charge on any atom is 0.147 e. The molecule has 0 aromatic carbocycles. The minimum absolute atomic E-state index is 0.221. The van der Waals surface area contributed by atoms with Gasteiger partial charge in [0.1, 0.15) is 11.6 Å². The van der Waals surface area contributed by atoms with Crippen LogP contribution in [-0.2, 0) is 4.74 Å². The number of morpholine rings is 1. The van der Waals surface area contributed by atoms with Gasteiger partial charge in [0, 0.05) is 26.7 Å². The van der Waals surface area contributed by atoms with Crippen LogP contribution >= 0.6 is 0 Å². The van der Waals surface area contributed by atoms with Gasteiger partial charge in [0.05, 0.1) is 25.1 Å². The maximum atomic E-state index is 5.72. The molecule has 0 radical (unpaired) electrons. The summed E-state index contributed by atoms with van der Waals surface area (Å²) in [7, 11) is 1.83. The monoisotopic (exact) mass is 251 g/mol. The average molecular weight is 251 g/mol. The topological polar surface area (TPSA) is 62.3 Å². The van der Waals surface area contributed by atoms with Gasteiger partial charge in [-0.15, -0.1) is 0 Å². The highest BCUT2D eigenvalue weighted by Gasteiger charge is 2.18. The SMILES string of the molecule is CCN1CCOC(CNc2cncc(NC)n2)C1. The lowest BCUT2D eigenvalue weighted by Gasteiger charge is -2.32. The molecule has 0 amide bonds. The molecular weight excluding hydrogens is 230 g/mol. The molecule has 0 saturated carbocycles. The van der Waals surface area contributed by atoms with Crippen LogP contribution in [0.4, 0.5) is 11.6 Å². The van der Waals surface area contributed by atoms with E-state index in [9.17, 15) is 0 Å². The van der Waals surface area contributed by atoms with Crippen LogP contribution in [0.15, 0.2) is 12.4 Å². The number of anilines is 2. The summed E-state index contributed by atoms with van der Waals surface area (Å²) >= 11 is 0. The van der Waals surface area contributed by atoms with Crippen LogP contribution in [0.3, 0.4) is 0 Å². The summed E-state index contributed by atoms with van der Waals surface area (Å²) < 4.78 is 5.72. The Hall–Kier alpha value is -1.40. The summed E-state index contributed by atoms with van der Waals surface area (Å²) in [5.41, 5.74) is 0. The van der Waals surface area contributed by atoms with Crippen LogP contribution in [0.2, 0.25) is 0 Å². The van der Waals surface area contributed by atoms with E-state index in [1.54, 1.807) is 12.4 Å². The van der Waals surface area contributed by atoms with Crippen molar-refractivity contribution < 1.29 is 4.74 Å². The predicted molar refractivity (Wildman–Crippen MR) is 71.9 cm³/mol. The molecule has 1 atom stereocenters. The number of hydrogen-bond acceptors (Lipinski definition) is 6. The Morgan fingerprint density at radius 2 is 2.28 bits per heavy atom. The van der Waals surface area contributed by atoms with Gasteiger partial charge in [0.2, 0.25) is 0 Å². The third kappa shape index (κ3) is 3.54. The van der Waals surface area contributed by atoms with Crippen molar-refractivity contribution in [3.63, 3.8) is 0 Å². The normalized spacial score (nSPS) is 20.7. The summed E-state index contributed by atoms with van der Waals surface area (Å²) in [5.74, 6) is 1.54. The third-order valence-electron chi connectivity index (χ3n) is 3.07. The number of nitrogens with one attached hydrogen (secondary N) is 2. The van der Waals surface area contributed by atoms with Gasteiger partial charge in [-0.1, -0.05) is 6.92 Å². The second-order valence-electron chi connectivity index (χ2n) is 4.31. The van der Waals surface area contributed by atoms with Crippen molar-refractivity contribution in [3.8, 4) is 0 Å². The molecule has 0 aliphatic carbocycles. The highest BCUT2D eigenvalue weighted by atomic mass is 16.5. The lowest BCUT2D eigenvalue weighted by molar-refractivity contribution is -0.0192. The average Bonchev–Trinajstić information content (AvgIpc) is 2.45. The smallest absolute Gasteiger partial charge is 0.147 e. The van der Waals surface area contributed by atoms with Gasteiger partial charge in [0.25, 0.3) is 0 Å². The van der Waals surface area contributed by atoms with Crippen molar-refractivity contribution in [2.75, 3.05) is 50.5 Å². The van der Waals surface area contributed by atoms with E-state index >= 15 is 0 Å². The molecule has 6 nitrogen and oxygen atoms in total. The van der Waals surface area contributed by atoms with Crippen molar-refractivity contribution in [2.45, 2.75) is 13.0 Å². The summed E-state index contributed by atoms with van der Waals surface area (Å²) in [5, 5.41) is 6.24. The Kier molecular flexibility index (Phi) is 4.72. The summed E-state index contributed by atoms with van der Waals surface area (Å²) in [4.78, 5) is 10.9. The molecule has 2 heterocycles. The highest BCUT2D eigenvalue weighted by Crippen LogP contribution is 2.08. The second kappa shape index (κ2) is 6.51. The molecular formula is C12H21N5O. The number of nitrogens with zero attached hydrogens (tertiary/aromatic N) is 3. The molecule has 100 valence electrons. The van der Waals surface area contributed by atoms with Crippen molar-refractivity contribution in [2.24, 2.45) is 0 Å². The first-order valence-electron chi connectivity index (χ1n) is 6.39. The van der Waals surface area contributed by atoms with E-state index in [0.717, 1.165) is 44.4 Å². The minimum Gasteiger partial charge on any atom is -0.374 e. The van der Waals surface area contributed by atoms with E-state index in [-0.39, 0.29) is 6.10 Å². The molecule has 6 heteroatoms. The van der Waals surface area contributed by atoms with Crippen molar-refractivity contribution in [3.05, 3.63) is 12.4 Å². The Balaban J connectivity index is 1.83. The minimum atomic E-state index is 0.221. The van der Waals surface area contributed by atoms with Gasteiger partial charge in [0.15, 0.2) is 0 Å². The fraction of sp³-hybridized carbons (Fsp3) is 0.667. The van der Waals surface area contributed by atoms with E-state index in [4.69, 9.17) is 4.74 Å². The predicted octanol–water partition coefficient (Wildman–Crippen LogP) is 0.651. The lowest BCUT2D eigenvalue weighted by atomic mass is 10.2. The van der Waals surface area contributed by atoms with E-state index in [1.165, 1.54) is 0 Å². The van der Waals surface area contributed by atoms with E-state index in [0.29, 0.717) is 0 Å². The third-order valence-corrected chi connectivity index (χ3v) is 3.07. The van der Waals surface area contributed by atoms with Gasteiger partial charge in [-0.3, -0.25) is 9.88 Å². The highest BCUT2D eigenvalue weighted by molar-refractivity contribution is 5.40. The van der Waals surface area contributed by atoms with Gasteiger partial charge in [-0.25, -0.2) is 4.98 Å². The van der Waals surface area contributed by atoms with E-state index in [2.05, 4.69) is 32.4 Å². The molecule has 1 aromatic rings. The first-order chi connectivity index (χ1) is 8.81. The van der Waals surface area contributed by atoms with Crippen LogP contribution in [0, 0.1) is 0 Å². The molecule has 1 aliphatic heterocycles. The molecule has 0 spiro atoms. The zero-order valence-electron chi connectivity index (χ0n) is 11.0. The van der Waals surface area contributed by atoms with Crippen LogP contribution in [0.1, 0.15) is 6.92 Å². The summed E-state index contributed by atoms with van der Waals surface area (Å²) in [6, 6.07) is 0. The molecule has 1 unspecified atom stereocenters. The molecule has 1 aliphatic rings. The Morgan fingerprint density at radius 1 is 1.44 bits per heavy atom. The van der Waals surface area contributed by atoms with Crippen molar-refractivity contribution >= 4 is 11.6 Å². The second-order valence-corrected chi connectivity index (χ2v) is 4.31. The molecule has 1 saturated heterocycles. The van der Waals surface area contributed by atoms with Gasteiger partial charge in [-0.05, 0) is 6.54 Å². The van der Waals surface area contributed by atoms with Crippen LogP contribution in [0.5, 0.6) is 0 Å². The molecule has 1 fully saturated rings. The zero-order chi connectivity index (χ0) is 12.8. The number of aromatic nitrogens is 2.